The van der Waals surface area contributed by atoms with Gasteiger partial charge in [-0.3, -0.25) is 9.59 Å². The fourth-order valence-corrected chi connectivity index (χ4v) is 2.51. The molecule has 112 valence electrons. The molecular weight excluding hydrogens is 292 g/mol. The number of amides is 1. The lowest BCUT2D eigenvalue weighted by Crippen LogP contribution is -2.36. The van der Waals surface area contributed by atoms with Gasteiger partial charge in [-0.1, -0.05) is 12.1 Å². The monoisotopic (exact) mass is 303 g/mol. The lowest BCUT2D eigenvalue weighted by molar-refractivity contribution is -0.133. The number of nitrogens with one attached hydrogen (secondary N) is 1. The van der Waals surface area contributed by atoms with Gasteiger partial charge in [-0.15, -0.1) is 0 Å². The Hall–Kier alpha value is -2.60. The van der Waals surface area contributed by atoms with Crippen molar-refractivity contribution in [2.45, 2.75) is 12.0 Å². The van der Waals surface area contributed by atoms with Crippen LogP contribution in [0.3, 0.4) is 0 Å². The van der Waals surface area contributed by atoms with Crippen molar-refractivity contribution in [1.82, 2.24) is 0 Å². The smallest absolute Gasteiger partial charge is 0.261 e. The van der Waals surface area contributed by atoms with Gasteiger partial charge in [-0.05, 0) is 30.3 Å². The first-order valence-electron chi connectivity index (χ1n) is 6.53. The zero-order valence-electron chi connectivity index (χ0n) is 11.3. The molecule has 0 aromatic heterocycles. The molecule has 6 heteroatoms. The van der Waals surface area contributed by atoms with Crippen molar-refractivity contribution >= 4 is 17.4 Å². The quantitative estimate of drug-likeness (QED) is 0.856. The zero-order valence-corrected chi connectivity index (χ0v) is 11.3. The molecule has 1 aliphatic rings. The molecule has 0 fully saturated rings. The Morgan fingerprint density at radius 1 is 1.18 bits per heavy atom. The Balaban J connectivity index is 1.98. The highest BCUT2D eigenvalue weighted by atomic mass is 19.1. The van der Waals surface area contributed by atoms with E-state index in [1.54, 1.807) is 0 Å². The van der Waals surface area contributed by atoms with Crippen molar-refractivity contribution in [3.63, 3.8) is 0 Å². The molecule has 4 nitrogen and oxygen atoms in total. The van der Waals surface area contributed by atoms with Crippen molar-refractivity contribution < 1.29 is 23.5 Å². The van der Waals surface area contributed by atoms with E-state index in [1.165, 1.54) is 24.3 Å². The van der Waals surface area contributed by atoms with E-state index in [9.17, 15) is 23.5 Å². The Morgan fingerprint density at radius 2 is 1.91 bits per heavy atom. The topological polar surface area (TPSA) is 66.4 Å². The number of fused-ring (bicyclic) bond motifs is 1. The number of ketones is 1. The number of rotatable bonds is 3. The van der Waals surface area contributed by atoms with Crippen molar-refractivity contribution in [2.75, 3.05) is 5.32 Å². The van der Waals surface area contributed by atoms with Gasteiger partial charge in [0.05, 0.1) is 12.0 Å². The molecule has 0 saturated heterocycles. The lowest BCUT2D eigenvalue weighted by Gasteiger charge is -2.20. The van der Waals surface area contributed by atoms with Gasteiger partial charge >= 0.3 is 0 Å². The molecule has 1 amide bonds. The molecule has 22 heavy (non-hydrogen) atoms. The van der Waals surface area contributed by atoms with E-state index in [4.69, 9.17) is 0 Å². The number of benzene rings is 2. The summed E-state index contributed by atoms with van der Waals surface area (Å²) in [6.07, 6.45) is -0.670. The highest BCUT2D eigenvalue weighted by molar-refractivity contribution is 6.09. The van der Waals surface area contributed by atoms with Gasteiger partial charge in [0.15, 0.2) is 11.4 Å². The van der Waals surface area contributed by atoms with Gasteiger partial charge in [0.25, 0.3) is 5.91 Å². The Bertz CT molecular complexity index is 791. The number of aliphatic hydroxyl groups is 1. The minimum atomic E-state index is -2.21. The number of carbonyl (C=O) groups excluding carboxylic acids is 2. The summed E-state index contributed by atoms with van der Waals surface area (Å²) in [5.74, 6) is -2.97. The van der Waals surface area contributed by atoms with Crippen LogP contribution in [0.15, 0.2) is 42.5 Å². The van der Waals surface area contributed by atoms with E-state index in [1.807, 2.05) is 0 Å². The molecule has 2 aromatic carbocycles. The minimum absolute atomic E-state index is 0.0258. The van der Waals surface area contributed by atoms with Gasteiger partial charge in [-0.2, -0.15) is 0 Å². The van der Waals surface area contributed by atoms with E-state index >= 15 is 0 Å². The summed E-state index contributed by atoms with van der Waals surface area (Å²) in [6, 6.07) is 8.69. The van der Waals surface area contributed by atoms with E-state index in [2.05, 4.69) is 5.32 Å². The fraction of sp³-hybridized carbons (Fsp3) is 0.125. The molecule has 2 N–H and O–H groups in total. The summed E-state index contributed by atoms with van der Waals surface area (Å²) < 4.78 is 27.0. The molecule has 0 saturated carbocycles. The number of Topliss-reactive ketones (excluding diaryl/α,β-unsaturated/α-hetero) is 1. The van der Waals surface area contributed by atoms with Crippen molar-refractivity contribution in [3.8, 4) is 0 Å². The van der Waals surface area contributed by atoms with Crippen molar-refractivity contribution in [2.24, 2.45) is 0 Å². The summed E-state index contributed by atoms with van der Waals surface area (Å²) >= 11 is 0. The minimum Gasteiger partial charge on any atom is -0.375 e. The van der Waals surface area contributed by atoms with E-state index in [-0.39, 0.29) is 16.8 Å². The zero-order chi connectivity index (χ0) is 15.9. The Morgan fingerprint density at radius 3 is 2.64 bits per heavy atom. The van der Waals surface area contributed by atoms with Crippen LogP contribution in [0.25, 0.3) is 0 Å². The summed E-state index contributed by atoms with van der Waals surface area (Å²) in [5.41, 5.74) is -2.23. The summed E-state index contributed by atoms with van der Waals surface area (Å²) in [6.45, 7) is 0. The summed E-state index contributed by atoms with van der Waals surface area (Å²) in [7, 11) is 0. The third-order valence-electron chi connectivity index (χ3n) is 3.64. The van der Waals surface area contributed by atoms with Crippen molar-refractivity contribution in [1.29, 1.82) is 0 Å². The van der Waals surface area contributed by atoms with E-state index < -0.39 is 35.3 Å². The molecule has 1 heterocycles. The molecular formula is C16H11F2NO3. The first-order chi connectivity index (χ1) is 10.4. The highest BCUT2D eigenvalue weighted by Gasteiger charge is 2.47. The molecule has 2 aromatic rings. The molecule has 1 aliphatic heterocycles. The third-order valence-corrected chi connectivity index (χ3v) is 3.64. The molecule has 0 bridgehead atoms. The van der Waals surface area contributed by atoms with E-state index in [0.717, 1.165) is 18.2 Å². The summed E-state index contributed by atoms with van der Waals surface area (Å²) in [5, 5.41) is 12.9. The van der Waals surface area contributed by atoms with Gasteiger partial charge in [0.1, 0.15) is 11.6 Å². The van der Waals surface area contributed by atoms with Gasteiger partial charge in [-0.25, -0.2) is 8.78 Å². The average Bonchev–Trinajstić information content (AvgIpc) is 2.71. The Labute approximate surface area is 124 Å². The number of halogens is 2. The first-order valence-corrected chi connectivity index (χ1v) is 6.53. The van der Waals surface area contributed by atoms with Gasteiger partial charge in [0, 0.05) is 11.3 Å². The number of hydrogen-bond donors (Lipinski definition) is 2. The van der Waals surface area contributed by atoms with Crippen LogP contribution < -0.4 is 5.32 Å². The maximum absolute atomic E-state index is 13.6. The number of hydrogen-bond acceptors (Lipinski definition) is 3. The predicted molar refractivity (Wildman–Crippen MR) is 74.3 cm³/mol. The second-order valence-corrected chi connectivity index (χ2v) is 5.08. The van der Waals surface area contributed by atoms with Crippen molar-refractivity contribution in [3.05, 3.63) is 65.2 Å². The normalized spacial score (nSPS) is 19.7. The third kappa shape index (κ3) is 2.17. The lowest BCUT2D eigenvalue weighted by atomic mass is 9.88. The fourth-order valence-electron chi connectivity index (χ4n) is 2.51. The van der Waals surface area contributed by atoms with Crippen LogP contribution in [-0.2, 0) is 10.4 Å². The molecule has 1 atom stereocenters. The van der Waals surface area contributed by atoms with Crippen LogP contribution in [0, 0.1) is 11.6 Å². The average molecular weight is 303 g/mol. The second kappa shape index (κ2) is 4.99. The van der Waals surface area contributed by atoms with Crippen LogP contribution in [0.1, 0.15) is 22.3 Å². The maximum atomic E-state index is 13.6. The largest absolute Gasteiger partial charge is 0.375 e. The van der Waals surface area contributed by atoms with Crippen LogP contribution in [0.4, 0.5) is 14.5 Å². The standard InChI is InChI=1S/C16H11F2NO3/c17-9-5-6-13-11(7-9)16(22,15(21)19-13)8-14(20)10-3-1-2-4-12(10)18/h1-7,22H,8H2,(H,19,21)/t16-/m1/s1. The van der Waals surface area contributed by atoms with Gasteiger partial charge in [0.2, 0.25) is 0 Å². The highest BCUT2D eigenvalue weighted by Crippen LogP contribution is 2.39. The van der Waals surface area contributed by atoms with Crippen LogP contribution in [0.5, 0.6) is 0 Å². The molecule has 0 aliphatic carbocycles. The Kier molecular flexibility index (Phi) is 3.26. The SMILES string of the molecule is O=C(C[C@]1(O)C(=O)Nc2ccc(F)cc21)c1ccccc1F. The maximum Gasteiger partial charge on any atom is 0.261 e. The van der Waals surface area contributed by atoms with Crippen LogP contribution in [-0.4, -0.2) is 16.8 Å². The van der Waals surface area contributed by atoms with Crippen LogP contribution in [0.2, 0.25) is 0 Å². The predicted octanol–water partition coefficient (Wildman–Crippen LogP) is 2.38. The molecule has 0 radical (unpaired) electrons. The molecule has 3 rings (SSSR count). The second-order valence-electron chi connectivity index (χ2n) is 5.08. The first kappa shape index (κ1) is 14.3. The number of carbonyl (C=O) groups is 2. The van der Waals surface area contributed by atoms with Gasteiger partial charge < -0.3 is 10.4 Å². The molecule has 0 unspecified atom stereocenters. The van der Waals surface area contributed by atoms with Crippen LogP contribution >= 0.6 is 0 Å². The van der Waals surface area contributed by atoms with E-state index in [0.29, 0.717) is 0 Å². The number of anilines is 1. The summed E-state index contributed by atoms with van der Waals surface area (Å²) in [4.78, 5) is 24.2. The molecule has 0 spiro atoms.